The van der Waals surface area contributed by atoms with Crippen LogP contribution in [0.3, 0.4) is 0 Å². The van der Waals surface area contributed by atoms with Gasteiger partial charge in [-0.3, -0.25) is 0 Å². The molecule has 3 rings (SSSR count). The van der Waals surface area contributed by atoms with E-state index in [0.29, 0.717) is 35.5 Å². The Bertz CT molecular complexity index is 1020. The fourth-order valence-electron chi connectivity index (χ4n) is 5.04. The molecule has 0 heterocycles. The summed E-state index contributed by atoms with van der Waals surface area (Å²) >= 11 is -2.45. The molecule has 0 spiro atoms. The molecule has 40 heavy (non-hydrogen) atoms. The van der Waals surface area contributed by atoms with E-state index in [-0.39, 0.29) is 0 Å². The summed E-state index contributed by atoms with van der Waals surface area (Å²) < 4.78 is 0. The van der Waals surface area contributed by atoms with Crippen LogP contribution in [0.25, 0.3) is 0 Å². The molecule has 0 unspecified atom stereocenters. The topological polar surface area (TPSA) is 0 Å². The second kappa shape index (κ2) is 15.4. The number of hydrogen-bond donors (Lipinski definition) is 0. The van der Waals surface area contributed by atoms with Crippen LogP contribution in [0.15, 0.2) is 69.3 Å². The van der Waals surface area contributed by atoms with Gasteiger partial charge in [0.15, 0.2) is 0 Å². The Hall–Kier alpha value is -0.407. The second-order valence-corrected chi connectivity index (χ2v) is 38.3. The predicted octanol–water partition coefficient (Wildman–Crippen LogP) is 13.1. The van der Waals surface area contributed by atoms with Crippen LogP contribution in [-0.2, 0) is 0 Å². The van der Waals surface area contributed by atoms with Crippen LogP contribution in [0, 0.1) is 0 Å². The van der Waals surface area contributed by atoms with Crippen molar-refractivity contribution in [2.45, 2.75) is 133 Å². The molecule has 3 aromatic rings. The zero-order valence-electron chi connectivity index (χ0n) is 26.8. The fourth-order valence-corrected chi connectivity index (χ4v) is 36.7. The first-order valence-electron chi connectivity index (χ1n) is 15.1. The summed E-state index contributed by atoms with van der Waals surface area (Å²) in [6.07, 6.45) is 0. The maximum atomic E-state index is 2.39. The van der Waals surface area contributed by atoms with E-state index in [1.165, 1.54) is 33.4 Å². The third kappa shape index (κ3) is 8.36. The quantitative estimate of drug-likeness (QED) is 0.168. The van der Waals surface area contributed by atoms with Gasteiger partial charge in [-0.05, 0) is 0 Å². The third-order valence-electron chi connectivity index (χ3n) is 7.46. The molecule has 0 nitrogen and oxygen atoms in total. The molecule has 4 heteroatoms. The minimum atomic E-state index is -2.45. The van der Waals surface area contributed by atoms with Crippen molar-refractivity contribution in [1.82, 2.24) is 0 Å². The Morgan fingerprint density at radius 1 is 0.350 bits per heavy atom. The van der Waals surface area contributed by atoms with Crippen molar-refractivity contribution in [3.63, 3.8) is 0 Å². The Kier molecular flexibility index (Phi) is 13.1. The van der Waals surface area contributed by atoms with Crippen LogP contribution < -0.4 is 0 Å². The number of benzene rings is 3. The monoisotopic (exact) mass is 788 g/mol. The van der Waals surface area contributed by atoms with Crippen molar-refractivity contribution in [1.29, 1.82) is 0 Å². The Morgan fingerprint density at radius 3 is 0.675 bits per heavy atom. The number of hydrogen-bond acceptors (Lipinski definition) is 3. The molecule has 0 amide bonds. The molecule has 0 atom stereocenters. The Balaban J connectivity index is 2.25. The van der Waals surface area contributed by atoms with Crippen molar-refractivity contribution < 1.29 is 0 Å². The summed E-state index contributed by atoms with van der Waals surface area (Å²) in [6, 6.07) is 21.2. The molecule has 218 valence electrons. The van der Waals surface area contributed by atoms with Gasteiger partial charge in [-0.15, -0.1) is 0 Å². The SMILES string of the molecule is CC(C)c1cccc(C(C)C)c1[S][Bi]([S]c1c(C(C)C)cccc1C(C)C)[S]c1c(C(C)C)cccc1C(C)C. The van der Waals surface area contributed by atoms with E-state index in [4.69, 9.17) is 0 Å². The summed E-state index contributed by atoms with van der Waals surface area (Å²) in [5.41, 5.74) is 9.17. The maximum absolute atomic E-state index is 2.45. The molecule has 0 bridgehead atoms. The normalized spacial score (nSPS) is 12.4. The van der Waals surface area contributed by atoms with Crippen molar-refractivity contribution in [2.24, 2.45) is 0 Å². The molecular formula is C36H51BiS3. The van der Waals surface area contributed by atoms with Gasteiger partial charge in [-0.25, -0.2) is 0 Å². The van der Waals surface area contributed by atoms with E-state index >= 15 is 0 Å². The summed E-state index contributed by atoms with van der Waals surface area (Å²) in [7, 11) is 6.90. The molecule has 0 fully saturated rings. The molecule has 0 aliphatic rings. The zero-order chi connectivity index (χ0) is 29.7. The standard InChI is InChI=1S/3C12H18S.Bi/c3*1-8(2)10-6-5-7-11(9(3)4)12(10)13;/h3*5-9,13H,1-4H3;/q;;;+3/p-3. The van der Waals surface area contributed by atoms with Crippen LogP contribution >= 0.6 is 25.6 Å². The molecular weight excluding hydrogens is 738 g/mol. The first-order valence-corrected chi connectivity index (χ1v) is 30.1. The van der Waals surface area contributed by atoms with E-state index in [9.17, 15) is 0 Å². The first-order chi connectivity index (χ1) is 18.8. The van der Waals surface area contributed by atoms with Gasteiger partial charge in [-0.2, -0.15) is 0 Å². The Labute approximate surface area is 262 Å². The van der Waals surface area contributed by atoms with Gasteiger partial charge in [-0.1, -0.05) is 0 Å². The van der Waals surface area contributed by atoms with Gasteiger partial charge < -0.3 is 0 Å². The van der Waals surface area contributed by atoms with Crippen LogP contribution in [0.5, 0.6) is 0 Å². The predicted molar refractivity (Wildman–Crippen MR) is 187 cm³/mol. The third-order valence-corrected chi connectivity index (χ3v) is 33.2. The summed E-state index contributed by atoms with van der Waals surface area (Å²) in [5.74, 6) is 3.11. The van der Waals surface area contributed by atoms with Crippen LogP contribution in [-0.4, -0.2) is 17.4 Å². The summed E-state index contributed by atoms with van der Waals surface area (Å²) in [6.45, 7) is 28.4. The first kappa shape index (κ1) is 34.1. The van der Waals surface area contributed by atoms with Gasteiger partial charge in [0, 0.05) is 0 Å². The molecule has 0 aromatic heterocycles. The van der Waals surface area contributed by atoms with E-state index in [2.05, 4.69) is 163 Å². The van der Waals surface area contributed by atoms with Gasteiger partial charge in [0.25, 0.3) is 0 Å². The average molecular weight is 789 g/mol. The molecule has 0 aliphatic carbocycles. The van der Waals surface area contributed by atoms with Crippen molar-refractivity contribution >= 4 is 42.9 Å². The zero-order valence-corrected chi connectivity index (χ0v) is 32.8. The van der Waals surface area contributed by atoms with Gasteiger partial charge >= 0.3 is 264 Å². The summed E-state index contributed by atoms with van der Waals surface area (Å²) in [5, 5.41) is 0. The molecule has 0 saturated carbocycles. The van der Waals surface area contributed by atoms with Crippen LogP contribution in [0.2, 0.25) is 0 Å². The van der Waals surface area contributed by atoms with E-state index in [1.54, 1.807) is 14.7 Å². The van der Waals surface area contributed by atoms with Crippen LogP contribution in [0.4, 0.5) is 0 Å². The van der Waals surface area contributed by atoms with Gasteiger partial charge in [0.1, 0.15) is 0 Å². The number of rotatable bonds is 12. The van der Waals surface area contributed by atoms with Crippen LogP contribution in [0.1, 0.15) is 152 Å². The summed E-state index contributed by atoms with van der Waals surface area (Å²) in [4.78, 5) is 4.73. The molecule has 0 radical (unpaired) electrons. The van der Waals surface area contributed by atoms with E-state index in [0.717, 1.165) is 0 Å². The van der Waals surface area contributed by atoms with Crippen molar-refractivity contribution in [3.8, 4) is 0 Å². The molecule has 0 saturated heterocycles. The van der Waals surface area contributed by atoms with Crippen molar-refractivity contribution in [2.75, 3.05) is 0 Å². The Morgan fingerprint density at radius 2 is 0.525 bits per heavy atom. The van der Waals surface area contributed by atoms with E-state index < -0.39 is 17.4 Å². The second-order valence-electron chi connectivity index (χ2n) is 12.7. The molecule has 0 N–H and O–H groups in total. The van der Waals surface area contributed by atoms with Gasteiger partial charge in [0.05, 0.1) is 0 Å². The van der Waals surface area contributed by atoms with Gasteiger partial charge in [0.2, 0.25) is 0 Å². The van der Waals surface area contributed by atoms with Crippen molar-refractivity contribution in [3.05, 3.63) is 88.0 Å². The average Bonchev–Trinajstić information content (AvgIpc) is 2.88. The van der Waals surface area contributed by atoms with E-state index in [1.807, 2.05) is 0 Å². The minimum absolute atomic E-state index is 0.519. The molecule has 3 aromatic carbocycles. The molecule has 0 aliphatic heterocycles. The fraction of sp³-hybridized carbons (Fsp3) is 0.500.